The summed E-state index contributed by atoms with van der Waals surface area (Å²) >= 11 is 5.97. The number of carbonyl (C=O) groups excluding carboxylic acids is 1. The molecule has 2 aromatic carbocycles. The number of aromatic nitrogens is 2. The van der Waals surface area contributed by atoms with Gasteiger partial charge in [-0.2, -0.15) is 5.10 Å². The van der Waals surface area contributed by atoms with Gasteiger partial charge in [-0.1, -0.05) is 11.6 Å². The summed E-state index contributed by atoms with van der Waals surface area (Å²) in [5.41, 5.74) is 2.90. The second-order valence-electron chi connectivity index (χ2n) is 7.34. The highest BCUT2D eigenvalue weighted by Crippen LogP contribution is 2.33. The third kappa shape index (κ3) is 4.01. The Morgan fingerprint density at radius 1 is 1.03 bits per heavy atom. The molecule has 0 atom stereocenters. The molecular weight excluding hydrogens is 418 g/mol. The van der Waals surface area contributed by atoms with E-state index in [1.54, 1.807) is 55.0 Å². The maximum atomic E-state index is 13.2. The molecular formula is C23H22ClN3O4. The predicted octanol–water partition coefficient (Wildman–Crippen LogP) is 3.41. The highest BCUT2D eigenvalue weighted by molar-refractivity contribution is 6.30. The van der Waals surface area contributed by atoms with E-state index < -0.39 is 11.3 Å². The van der Waals surface area contributed by atoms with Gasteiger partial charge in [0.05, 0.1) is 19.9 Å². The van der Waals surface area contributed by atoms with Crippen LogP contribution in [0.4, 0.5) is 0 Å². The number of ether oxygens (including phenoxy) is 2. The zero-order chi connectivity index (χ0) is 22.1. The monoisotopic (exact) mass is 439 g/mol. The van der Waals surface area contributed by atoms with Gasteiger partial charge in [-0.25, -0.2) is 4.68 Å². The van der Waals surface area contributed by atoms with Gasteiger partial charge in [0, 0.05) is 29.9 Å². The molecule has 0 spiro atoms. The number of nitrogens with zero attached hydrogens (tertiary/aromatic N) is 3. The average molecular weight is 440 g/mol. The number of benzene rings is 2. The molecule has 4 rings (SSSR count). The second-order valence-corrected chi connectivity index (χ2v) is 7.78. The lowest BCUT2D eigenvalue weighted by Crippen LogP contribution is -2.39. The molecule has 1 aliphatic heterocycles. The maximum Gasteiger partial charge on any atom is 0.278 e. The number of amides is 1. The number of rotatable bonds is 4. The number of aryl methyl sites for hydroxylation is 1. The first-order valence-electron chi connectivity index (χ1n) is 9.81. The first kappa shape index (κ1) is 20.9. The molecule has 0 N–H and O–H groups in total. The normalized spacial score (nSPS) is 13.0. The number of hydrogen-bond donors (Lipinski definition) is 0. The van der Waals surface area contributed by atoms with Crippen LogP contribution in [0.15, 0.2) is 47.3 Å². The van der Waals surface area contributed by atoms with Gasteiger partial charge >= 0.3 is 0 Å². The van der Waals surface area contributed by atoms with Crippen molar-refractivity contribution in [2.45, 2.75) is 19.9 Å². The Balaban J connectivity index is 1.67. The van der Waals surface area contributed by atoms with Crippen molar-refractivity contribution in [1.82, 2.24) is 14.7 Å². The Morgan fingerprint density at radius 2 is 1.68 bits per heavy atom. The van der Waals surface area contributed by atoms with Crippen molar-refractivity contribution in [2.75, 3.05) is 20.8 Å². The molecule has 2 heterocycles. The minimum atomic E-state index is -0.397. The SMILES string of the molecule is COc1cc2c(cc1OC)CN(C(=O)c1nn(-c3ccc(Cl)cc3)c(C)cc1=O)CC2. The Hall–Kier alpha value is -3.32. The Kier molecular flexibility index (Phi) is 5.69. The quantitative estimate of drug-likeness (QED) is 0.622. The van der Waals surface area contributed by atoms with Crippen LogP contribution < -0.4 is 14.9 Å². The van der Waals surface area contributed by atoms with Gasteiger partial charge in [0.25, 0.3) is 5.91 Å². The van der Waals surface area contributed by atoms with Gasteiger partial charge < -0.3 is 14.4 Å². The van der Waals surface area contributed by atoms with Crippen molar-refractivity contribution in [1.29, 1.82) is 0 Å². The molecule has 0 bridgehead atoms. The van der Waals surface area contributed by atoms with E-state index in [-0.39, 0.29) is 5.69 Å². The van der Waals surface area contributed by atoms with Crippen molar-refractivity contribution < 1.29 is 14.3 Å². The standard InChI is InChI=1S/C23H22ClN3O4/c1-14-10-19(28)22(25-27(14)18-6-4-17(24)5-7-18)23(29)26-9-8-15-11-20(30-2)21(31-3)12-16(15)13-26/h4-7,10-12H,8-9,13H2,1-3H3. The molecule has 0 unspecified atom stereocenters. The van der Waals surface area contributed by atoms with Crippen LogP contribution in [0, 0.1) is 6.92 Å². The molecule has 31 heavy (non-hydrogen) atoms. The lowest BCUT2D eigenvalue weighted by molar-refractivity contribution is 0.0725. The molecule has 0 saturated heterocycles. The topological polar surface area (TPSA) is 73.7 Å². The molecule has 8 heteroatoms. The van der Waals surface area contributed by atoms with Gasteiger partial charge in [0.2, 0.25) is 5.43 Å². The summed E-state index contributed by atoms with van der Waals surface area (Å²) in [6, 6.07) is 12.3. The summed E-state index contributed by atoms with van der Waals surface area (Å²) in [6.07, 6.45) is 0.651. The van der Waals surface area contributed by atoms with E-state index in [4.69, 9.17) is 21.1 Å². The van der Waals surface area contributed by atoms with Crippen molar-refractivity contribution >= 4 is 17.5 Å². The van der Waals surface area contributed by atoms with Crippen LogP contribution >= 0.6 is 11.6 Å². The van der Waals surface area contributed by atoms with Crippen molar-refractivity contribution in [3.05, 3.63) is 80.2 Å². The summed E-state index contributed by atoms with van der Waals surface area (Å²) in [7, 11) is 3.17. The van der Waals surface area contributed by atoms with Gasteiger partial charge in [-0.15, -0.1) is 0 Å². The van der Waals surface area contributed by atoms with E-state index in [0.29, 0.717) is 41.7 Å². The molecule has 3 aromatic rings. The minimum Gasteiger partial charge on any atom is -0.493 e. The average Bonchev–Trinajstić information content (AvgIpc) is 2.78. The van der Waals surface area contributed by atoms with E-state index in [1.165, 1.54) is 6.07 Å². The van der Waals surface area contributed by atoms with Crippen LogP contribution in [0.3, 0.4) is 0 Å². The third-order valence-corrected chi connectivity index (χ3v) is 5.64. The van der Waals surface area contributed by atoms with Crippen LogP contribution in [0.5, 0.6) is 11.5 Å². The van der Waals surface area contributed by atoms with E-state index in [9.17, 15) is 9.59 Å². The molecule has 0 fully saturated rings. The highest BCUT2D eigenvalue weighted by atomic mass is 35.5. The van der Waals surface area contributed by atoms with E-state index in [0.717, 1.165) is 16.8 Å². The number of halogens is 1. The fraction of sp³-hybridized carbons (Fsp3) is 0.261. The number of fused-ring (bicyclic) bond motifs is 1. The zero-order valence-corrected chi connectivity index (χ0v) is 18.3. The Labute approximate surface area is 184 Å². The zero-order valence-electron chi connectivity index (χ0n) is 17.5. The van der Waals surface area contributed by atoms with E-state index in [2.05, 4.69) is 5.10 Å². The van der Waals surface area contributed by atoms with Crippen LogP contribution in [-0.2, 0) is 13.0 Å². The lowest BCUT2D eigenvalue weighted by Gasteiger charge is -2.29. The van der Waals surface area contributed by atoms with Gasteiger partial charge in [-0.3, -0.25) is 9.59 Å². The van der Waals surface area contributed by atoms with Gasteiger partial charge in [0.1, 0.15) is 0 Å². The number of hydrogen-bond acceptors (Lipinski definition) is 5. The molecule has 7 nitrogen and oxygen atoms in total. The molecule has 0 radical (unpaired) electrons. The van der Waals surface area contributed by atoms with E-state index >= 15 is 0 Å². The van der Waals surface area contributed by atoms with E-state index in [1.807, 2.05) is 12.1 Å². The summed E-state index contributed by atoms with van der Waals surface area (Å²) in [6.45, 7) is 2.62. The minimum absolute atomic E-state index is 0.107. The molecule has 0 aliphatic carbocycles. The largest absolute Gasteiger partial charge is 0.493 e. The summed E-state index contributed by atoms with van der Waals surface area (Å²) in [4.78, 5) is 27.5. The smallest absolute Gasteiger partial charge is 0.278 e. The Bertz CT molecular complexity index is 1200. The summed E-state index contributed by atoms with van der Waals surface area (Å²) in [5, 5.41) is 4.98. The van der Waals surface area contributed by atoms with Crippen LogP contribution in [0.1, 0.15) is 27.3 Å². The summed E-state index contributed by atoms with van der Waals surface area (Å²) < 4.78 is 12.3. The predicted molar refractivity (Wildman–Crippen MR) is 118 cm³/mol. The fourth-order valence-electron chi connectivity index (χ4n) is 3.75. The highest BCUT2D eigenvalue weighted by Gasteiger charge is 2.26. The molecule has 1 aliphatic rings. The van der Waals surface area contributed by atoms with Crippen LogP contribution in [0.2, 0.25) is 5.02 Å². The Morgan fingerprint density at radius 3 is 2.32 bits per heavy atom. The molecule has 1 amide bonds. The molecule has 160 valence electrons. The fourth-order valence-corrected chi connectivity index (χ4v) is 3.87. The number of methoxy groups -OCH3 is 2. The van der Waals surface area contributed by atoms with Crippen LogP contribution in [0.25, 0.3) is 5.69 Å². The van der Waals surface area contributed by atoms with Crippen molar-refractivity contribution in [2.24, 2.45) is 0 Å². The molecule has 0 saturated carbocycles. The maximum absolute atomic E-state index is 13.2. The first-order chi connectivity index (χ1) is 14.9. The van der Waals surface area contributed by atoms with Gasteiger partial charge in [0.15, 0.2) is 17.2 Å². The van der Waals surface area contributed by atoms with Crippen molar-refractivity contribution in [3.8, 4) is 17.2 Å². The first-order valence-corrected chi connectivity index (χ1v) is 10.2. The lowest BCUT2D eigenvalue weighted by atomic mass is 9.98. The molecule has 1 aromatic heterocycles. The van der Waals surface area contributed by atoms with Crippen molar-refractivity contribution in [3.63, 3.8) is 0 Å². The summed E-state index contributed by atoms with van der Waals surface area (Å²) in [5.74, 6) is 0.870. The van der Waals surface area contributed by atoms with Gasteiger partial charge in [-0.05, 0) is 60.9 Å². The van der Waals surface area contributed by atoms with Crippen LogP contribution in [-0.4, -0.2) is 41.4 Å². The second kappa shape index (κ2) is 8.43. The third-order valence-electron chi connectivity index (χ3n) is 5.39. The number of carbonyl (C=O) groups is 1.